The molecule has 0 radical (unpaired) electrons. The van der Waals surface area contributed by atoms with Gasteiger partial charge in [0.25, 0.3) is 5.56 Å². The van der Waals surface area contributed by atoms with Crippen molar-refractivity contribution < 1.29 is 4.74 Å². The van der Waals surface area contributed by atoms with Gasteiger partial charge in [-0.25, -0.2) is 4.98 Å². The van der Waals surface area contributed by atoms with Crippen molar-refractivity contribution in [3.05, 3.63) is 63.0 Å². The highest BCUT2D eigenvalue weighted by atomic mass is 16.5. The molecule has 2 aromatic carbocycles. The lowest BCUT2D eigenvalue weighted by Crippen LogP contribution is -2.25. The predicted octanol–water partition coefficient (Wildman–Crippen LogP) is 4.18. The van der Waals surface area contributed by atoms with Crippen LogP contribution in [0.15, 0.2) is 46.4 Å². The van der Waals surface area contributed by atoms with E-state index in [0.29, 0.717) is 34.6 Å². The zero-order chi connectivity index (χ0) is 19.6. The van der Waals surface area contributed by atoms with Crippen molar-refractivity contribution in [2.75, 3.05) is 6.61 Å². The Morgan fingerprint density at radius 3 is 2.48 bits per heavy atom. The monoisotopic (exact) mass is 362 g/mol. The molecule has 0 saturated carbocycles. The summed E-state index contributed by atoms with van der Waals surface area (Å²) < 4.78 is 7.09. The van der Waals surface area contributed by atoms with Gasteiger partial charge in [0.1, 0.15) is 11.3 Å². The molecule has 0 bridgehead atoms. The topological polar surface area (TPSA) is 97.3 Å². The summed E-state index contributed by atoms with van der Waals surface area (Å²) in [7, 11) is 0. The van der Waals surface area contributed by atoms with E-state index < -0.39 is 0 Å². The fourth-order valence-corrected chi connectivity index (χ4v) is 2.91. The third kappa shape index (κ3) is 3.17. The van der Waals surface area contributed by atoms with E-state index >= 15 is 0 Å². The lowest BCUT2D eigenvalue weighted by molar-refractivity contribution is 0.344. The normalized spacial score (nSPS) is 10.8. The smallest absolute Gasteiger partial charge is 0.266 e. The number of nitriles is 1. The fourth-order valence-electron chi connectivity index (χ4n) is 2.91. The van der Waals surface area contributed by atoms with Gasteiger partial charge in [-0.1, -0.05) is 13.8 Å². The zero-order valence-electron chi connectivity index (χ0n) is 15.3. The number of hydrogen-bond donors (Lipinski definition) is 0. The number of ether oxygens (including phenoxy) is 1. The Kier molecular flexibility index (Phi) is 4.99. The molecule has 136 valence electrons. The number of nitrogens with zero attached hydrogens (tertiary/aromatic N) is 4. The average molecular weight is 362 g/mol. The van der Waals surface area contributed by atoms with Crippen LogP contribution in [0.5, 0.6) is 5.75 Å². The number of benzene rings is 2. The zero-order valence-corrected chi connectivity index (χ0v) is 15.3. The van der Waals surface area contributed by atoms with Gasteiger partial charge < -0.3 is 4.74 Å². The molecule has 3 aromatic rings. The molecule has 1 heterocycles. The number of nitroso groups, excluding NO2 is 1. The van der Waals surface area contributed by atoms with Crippen LogP contribution in [0.3, 0.4) is 0 Å². The van der Waals surface area contributed by atoms with Gasteiger partial charge >= 0.3 is 0 Å². The Hall–Kier alpha value is -3.53. The summed E-state index contributed by atoms with van der Waals surface area (Å²) in [6.07, 6.45) is 0. The first-order valence-electron chi connectivity index (χ1n) is 8.58. The molecule has 7 heteroatoms. The molecule has 1 aromatic heterocycles. The molecule has 0 aliphatic rings. The van der Waals surface area contributed by atoms with Crippen LogP contribution in [0.4, 0.5) is 5.69 Å². The fraction of sp³-hybridized carbons (Fsp3) is 0.250. The third-order valence-corrected chi connectivity index (χ3v) is 4.16. The molecule has 0 aliphatic carbocycles. The maximum absolute atomic E-state index is 13.3. The van der Waals surface area contributed by atoms with Crippen LogP contribution in [0, 0.1) is 16.2 Å². The summed E-state index contributed by atoms with van der Waals surface area (Å²) in [6, 6.07) is 11.8. The standard InChI is InChI=1S/C20H18N4O3/c1-4-27-18-16(23-26)10-9-15-17(18)22-19(12(2)3)24(20(15)25)14-7-5-13(11-21)6-8-14/h5-10,12H,4H2,1-3H3. The molecular weight excluding hydrogens is 344 g/mol. The minimum absolute atomic E-state index is 0.0694. The largest absolute Gasteiger partial charge is 0.489 e. The summed E-state index contributed by atoms with van der Waals surface area (Å²) in [6.45, 7) is 5.96. The lowest BCUT2D eigenvalue weighted by Gasteiger charge is -2.17. The van der Waals surface area contributed by atoms with E-state index in [9.17, 15) is 9.70 Å². The first-order valence-corrected chi connectivity index (χ1v) is 8.58. The number of fused-ring (bicyclic) bond motifs is 1. The molecule has 27 heavy (non-hydrogen) atoms. The first kappa shape index (κ1) is 18.3. The van der Waals surface area contributed by atoms with Crippen LogP contribution < -0.4 is 10.3 Å². The molecule has 3 rings (SSSR count). The van der Waals surface area contributed by atoms with E-state index in [-0.39, 0.29) is 22.9 Å². The van der Waals surface area contributed by atoms with Crippen molar-refractivity contribution in [2.45, 2.75) is 26.7 Å². The van der Waals surface area contributed by atoms with Crippen molar-refractivity contribution in [1.82, 2.24) is 9.55 Å². The SMILES string of the molecule is CCOc1c(N=O)ccc2c(=O)n(-c3ccc(C#N)cc3)c(C(C)C)nc12. The van der Waals surface area contributed by atoms with Crippen LogP contribution in [0.25, 0.3) is 16.6 Å². The molecule has 0 atom stereocenters. The number of aromatic nitrogens is 2. The van der Waals surface area contributed by atoms with Crippen LogP contribution in [0.2, 0.25) is 0 Å². The van der Waals surface area contributed by atoms with Crippen LogP contribution >= 0.6 is 0 Å². The Bertz CT molecular complexity index is 1110. The van der Waals surface area contributed by atoms with Gasteiger partial charge in [0, 0.05) is 5.92 Å². The van der Waals surface area contributed by atoms with Crippen LogP contribution in [-0.4, -0.2) is 16.2 Å². The van der Waals surface area contributed by atoms with Gasteiger partial charge in [-0.05, 0) is 48.5 Å². The lowest BCUT2D eigenvalue weighted by atomic mass is 10.1. The van der Waals surface area contributed by atoms with Crippen molar-refractivity contribution in [1.29, 1.82) is 5.26 Å². The summed E-state index contributed by atoms with van der Waals surface area (Å²) in [5.41, 5.74) is 1.29. The van der Waals surface area contributed by atoms with E-state index in [1.165, 1.54) is 16.7 Å². The van der Waals surface area contributed by atoms with Crippen molar-refractivity contribution in [3.8, 4) is 17.5 Å². The van der Waals surface area contributed by atoms with E-state index in [1.54, 1.807) is 31.2 Å². The summed E-state index contributed by atoms with van der Waals surface area (Å²) in [5, 5.41) is 12.3. The van der Waals surface area contributed by atoms with Gasteiger partial charge in [0.05, 0.1) is 29.3 Å². The van der Waals surface area contributed by atoms with Gasteiger partial charge in [-0.15, -0.1) is 4.91 Å². The van der Waals surface area contributed by atoms with Crippen molar-refractivity contribution in [2.24, 2.45) is 5.18 Å². The van der Waals surface area contributed by atoms with Gasteiger partial charge in [-0.2, -0.15) is 5.26 Å². The number of rotatable bonds is 5. The van der Waals surface area contributed by atoms with Gasteiger partial charge in [0.15, 0.2) is 11.4 Å². The minimum atomic E-state index is -0.271. The second kappa shape index (κ2) is 7.38. The van der Waals surface area contributed by atoms with Crippen molar-refractivity contribution in [3.63, 3.8) is 0 Å². The Morgan fingerprint density at radius 2 is 1.93 bits per heavy atom. The molecule has 7 nitrogen and oxygen atoms in total. The summed E-state index contributed by atoms with van der Waals surface area (Å²) in [4.78, 5) is 29.0. The first-order chi connectivity index (χ1) is 13.0. The van der Waals surface area contributed by atoms with Crippen molar-refractivity contribution >= 4 is 16.6 Å². The maximum atomic E-state index is 13.3. The molecule has 0 N–H and O–H groups in total. The summed E-state index contributed by atoms with van der Waals surface area (Å²) >= 11 is 0. The Labute approximate surface area is 155 Å². The molecule has 0 spiro atoms. The second-order valence-electron chi connectivity index (χ2n) is 6.26. The highest BCUT2D eigenvalue weighted by molar-refractivity contribution is 5.89. The summed E-state index contributed by atoms with van der Waals surface area (Å²) in [5.74, 6) is 0.678. The Morgan fingerprint density at radius 1 is 1.22 bits per heavy atom. The molecular formula is C20H18N4O3. The average Bonchev–Trinajstić information content (AvgIpc) is 2.68. The van der Waals surface area contributed by atoms with E-state index in [2.05, 4.69) is 16.2 Å². The maximum Gasteiger partial charge on any atom is 0.266 e. The van der Waals surface area contributed by atoms with E-state index in [0.717, 1.165) is 0 Å². The molecule has 0 unspecified atom stereocenters. The highest BCUT2D eigenvalue weighted by Crippen LogP contribution is 2.34. The highest BCUT2D eigenvalue weighted by Gasteiger charge is 2.20. The third-order valence-electron chi connectivity index (χ3n) is 4.16. The second-order valence-corrected chi connectivity index (χ2v) is 6.26. The van der Waals surface area contributed by atoms with E-state index in [4.69, 9.17) is 10.00 Å². The Balaban J connectivity index is 2.39. The van der Waals surface area contributed by atoms with E-state index in [1.807, 2.05) is 13.8 Å². The molecule has 0 saturated heterocycles. The molecule has 0 aliphatic heterocycles. The van der Waals surface area contributed by atoms with Crippen LogP contribution in [-0.2, 0) is 0 Å². The number of hydrogen-bond acceptors (Lipinski definition) is 6. The van der Waals surface area contributed by atoms with Crippen LogP contribution in [0.1, 0.15) is 38.1 Å². The predicted molar refractivity (Wildman–Crippen MR) is 103 cm³/mol. The van der Waals surface area contributed by atoms with Gasteiger partial charge in [0.2, 0.25) is 0 Å². The minimum Gasteiger partial charge on any atom is -0.489 e. The van der Waals surface area contributed by atoms with Gasteiger partial charge in [-0.3, -0.25) is 9.36 Å². The molecule has 0 fully saturated rings. The molecule has 0 amide bonds. The quantitative estimate of drug-likeness (QED) is 0.634.